The van der Waals surface area contributed by atoms with E-state index in [-0.39, 0.29) is 12.1 Å². The van der Waals surface area contributed by atoms with Gasteiger partial charge >= 0.3 is 0 Å². The molecule has 0 aliphatic heterocycles. The smallest absolute Gasteiger partial charge is 0.145 e. The molecule has 0 spiro atoms. The van der Waals surface area contributed by atoms with E-state index in [2.05, 4.69) is 20.7 Å². The van der Waals surface area contributed by atoms with Crippen molar-refractivity contribution in [1.82, 2.24) is 9.97 Å². The first-order valence-corrected chi connectivity index (χ1v) is 4.75. The Kier molecular flexibility index (Phi) is 3.81. The Morgan fingerprint density at radius 2 is 2.07 bits per heavy atom. The Morgan fingerprint density at radius 1 is 1.40 bits per heavy atom. The van der Waals surface area contributed by atoms with Gasteiger partial charge in [0.1, 0.15) is 18.0 Å². The van der Waals surface area contributed by atoms with E-state index in [0.717, 1.165) is 0 Å². The van der Waals surface area contributed by atoms with Crippen molar-refractivity contribution in [2.75, 3.05) is 17.3 Å². The minimum atomic E-state index is -0.213. The average molecular weight is 211 g/mol. The summed E-state index contributed by atoms with van der Waals surface area (Å²) in [6.45, 7) is 4.11. The average Bonchev–Trinajstić information content (AvgIpc) is 2.17. The molecule has 15 heavy (non-hydrogen) atoms. The number of nitrogens with one attached hydrogen (secondary N) is 2. The Balaban J connectivity index is 2.71. The van der Waals surface area contributed by atoms with Gasteiger partial charge in [0.15, 0.2) is 0 Å². The van der Waals surface area contributed by atoms with E-state index in [4.69, 9.17) is 10.9 Å². The predicted octanol–water partition coefficient (Wildman–Crippen LogP) is 0.335. The number of nitrogens with zero attached hydrogens (tertiary/aromatic N) is 2. The third kappa shape index (κ3) is 3.69. The highest BCUT2D eigenvalue weighted by atomic mass is 16.3. The maximum atomic E-state index is 8.88. The van der Waals surface area contributed by atoms with Gasteiger partial charge in [0.25, 0.3) is 0 Å². The molecule has 0 aliphatic carbocycles. The maximum Gasteiger partial charge on any atom is 0.145 e. The summed E-state index contributed by atoms with van der Waals surface area (Å²) in [4.78, 5) is 7.95. The number of aliphatic hydroxyl groups excluding tert-OH is 1. The number of nitrogens with two attached hydrogens (primary N) is 1. The van der Waals surface area contributed by atoms with Crippen LogP contribution in [0.25, 0.3) is 0 Å². The van der Waals surface area contributed by atoms with Crippen molar-refractivity contribution < 1.29 is 5.11 Å². The second-order valence-corrected chi connectivity index (χ2v) is 3.92. The summed E-state index contributed by atoms with van der Waals surface area (Å²) in [5.74, 6) is 6.46. The number of anilines is 2. The van der Waals surface area contributed by atoms with Crippen LogP contribution in [-0.2, 0) is 0 Å². The Labute approximate surface area is 88.9 Å². The van der Waals surface area contributed by atoms with Crippen LogP contribution in [0.3, 0.4) is 0 Å². The zero-order chi connectivity index (χ0) is 11.3. The molecule has 0 aromatic carbocycles. The van der Waals surface area contributed by atoms with Gasteiger partial charge in [-0.1, -0.05) is 0 Å². The van der Waals surface area contributed by atoms with Gasteiger partial charge in [0.05, 0.1) is 0 Å². The molecule has 84 valence electrons. The predicted molar refractivity (Wildman–Crippen MR) is 59.2 cm³/mol. The molecule has 0 saturated carbocycles. The first-order chi connectivity index (χ1) is 7.07. The number of rotatable bonds is 5. The van der Waals surface area contributed by atoms with E-state index in [0.29, 0.717) is 18.1 Å². The lowest BCUT2D eigenvalue weighted by molar-refractivity contribution is 0.260. The third-order valence-corrected chi connectivity index (χ3v) is 2.02. The fourth-order valence-electron chi connectivity index (χ4n) is 1.19. The number of nitrogen functional groups attached to an aromatic ring is 1. The molecule has 1 rings (SSSR count). The second kappa shape index (κ2) is 4.90. The molecule has 0 radical (unpaired) electrons. The van der Waals surface area contributed by atoms with Gasteiger partial charge in [0, 0.05) is 18.2 Å². The van der Waals surface area contributed by atoms with Gasteiger partial charge in [0.2, 0.25) is 0 Å². The normalized spacial score (nSPS) is 11.2. The van der Waals surface area contributed by atoms with Crippen LogP contribution in [0.5, 0.6) is 0 Å². The lowest BCUT2D eigenvalue weighted by atomic mass is 10.0. The zero-order valence-corrected chi connectivity index (χ0v) is 8.99. The van der Waals surface area contributed by atoms with E-state index < -0.39 is 0 Å². The van der Waals surface area contributed by atoms with Crippen molar-refractivity contribution in [2.45, 2.75) is 25.8 Å². The molecule has 1 aromatic heterocycles. The summed E-state index contributed by atoms with van der Waals surface area (Å²) in [6.07, 6.45) is 2.06. The Bertz CT molecular complexity index is 315. The summed E-state index contributed by atoms with van der Waals surface area (Å²) in [5, 5.41) is 12.1. The minimum absolute atomic E-state index is 0.132. The topological polar surface area (TPSA) is 96.1 Å². The van der Waals surface area contributed by atoms with E-state index in [1.165, 1.54) is 6.33 Å². The first kappa shape index (κ1) is 11.7. The van der Waals surface area contributed by atoms with Crippen LogP contribution >= 0.6 is 0 Å². The molecule has 1 aromatic rings. The van der Waals surface area contributed by atoms with Crippen LogP contribution in [0.1, 0.15) is 20.3 Å². The summed E-state index contributed by atoms with van der Waals surface area (Å²) in [6, 6.07) is 1.71. The van der Waals surface area contributed by atoms with Crippen molar-refractivity contribution in [1.29, 1.82) is 0 Å². The molecule has 5 N–H and O–H groups in total. The highest BCUT2D eigenvalue weighted by molar-refractivity contribution is 5.46. The van der Waals surface area contributed by atoms with Crippen LogP contribution < -0.4 is 16.6 Å². The van der Waals surface area contributed by atoms with Crippen molar-refractivity contribution >= 4 is 11.6 Å². The van der Waals surface area contributed by atoms with Crippen molar-refractivity contribution in [3.8, 4) is 0 Å². The molecule has 0 aliphatic rings. The molecule has 0 bridgehead atoms. The summed E-state index contributed by atoms with van der Waals surface area (Å²) >= 11 is 0. The molecule has 0 saturated heterocycles. The highest BCUT2D eigenvalue weighted by Crippen LogP contribution is 2.16. The highest BCUT2D eigenvalue weighted by Gasteiger charge is 2.17. The molecule has 6 nitrogen and oxygen atoms in total. The lowest BCUT2D eigenvalue weighted by Crippen LogP contribution is -2.32. The second-order valence-electron chi connectivity index (χ2n) is 3.92. The quantitative estimate of drug-likeness (QED) is 0.414. The SMILES string of the molecule is CC(C)(CCO)Nc1cc(NN)ncn1. The minimum Gasteiger partial charge on any atom is -0.396 e. The van der Waals surface area contributed by atoms with E-state index >= 15 is 0 Å². The monoisotopic (exact) mass is 211 g/mol. The van der Waals surface area contributed by atoms with Gasteiger partial charge in [-0.2, -0.15) is 0 Å². The fourth-order valence-corrected chi connectivity index (χ4v) is 1.19. The molecule has 0 unspecified atom stereocenters. The summed E-state index contributed by atoms with van der Waals surface area (Å²) in [5.41, 5.74) is 2.23. The van der Waals surface area contributed by atoms with Crippen molar-refractivity contribution in [3.63, 3.8) is 0 Å². The molecule has 1 heterocycles. The summed E-state index contributed by atoms with van der Waals surface area (Å²) < 4.78 is 0. The molecule has 0 amide bonds. The molecular formula is C9H17N5O. The van der Waals surface area contributed by atoms with E-state index in [1.807, 2.05) is 13.8 Å². The van der Waals surface area contributed by atoms with Crippen LogP contribution in [0.4, 0.5) is 11.6 Å². The van der Waals surface area contributed by atoms with Gasteiger partial charge in [-0.05, 0) is 20.3 Å². The van der Waals surface area contributed by atoms with Crippen molar-refractivity contribution in [3.05, 3.63) is 12.4 Å². The van der Waals surface area contributed by atoms with E-state index in [1.54, 1.807) is 6.07 Å². The van der Waals surface area contributed by atoms with Gasteiger partial charge in [-0.15, -0.1) is 0 Å². The molecule has 6 heteroatoms. The van der Waals surface area contributed by atoms with Crippen LogP contribution in [0.15, 0.2) is 12.4 Å². The fraction of sp³-hybridized carbons (Fsp3) is 0.556. The summed E-state index contributed by atoms with van der Waals surface area (Å²) in [7, 11) is 0. The number of hydrogen-bond acceptors (Lipinski definition) is 6. The number of hydrazine groups is 1. The van der Waals surface area contributed by atoms with Gasteiger partial charge < -0.3 is 15.8 Å². The number of hydrogen-bond donors (Lipinski definition) is 4. The third-order valence-electron chi connectivity index (χ3n) is 2.02. The molecule has 0 atom stereocenters. The Hall–Kier alpha value is -1.40. The Morgan fingerprint density at radius 3 is 2.67 bits per heavy atom. The van der Waals surface area contributed by atoms with Crippen LogP contribution in [0, 0.1) is 0 Å². The lowest BCUT2D eigenvalue weighted by Gasteiger charge is -2.25. The standard InChI is InChI=1S/C9H17N5O/c1-9(2,3-4-15)13-7-5-8(14-10)12-6-11-7/h5-6,15H,3-4,10H2,1-2H3,(H2,11,12,13,14). The first-order valence-electron chi connectivity index (χ1n) is 4.75. The maximum absolute atomic E-state index is 8.88. The van der Waals surface area contributed by atoms with Crippen LogP contribution in [-0.4, -0.2) is 27.2 Å². The van der Waals surface area contributed by atoms with Crippen molar-refractivity contribution in [2.24, 2.45) is 5.84 Å². The van der Waals surface area contributed by atoms with Gasteiger partial charge in [-0.3, -0.25) is 0 Å². The number of aromatic nitrogens is 2. The van der Waals surface area contributed by atoms with Gasteiger partial charge in [-0.25, -0.2) is 15.8 Å². The zero-order valence-electron chi connectivity index (χ0n) is 8.99. The van der Waals surface area contributed by atoms with Crippen LogP contribution in [0.2, 0.25) is 0 Å². The number of aliphatic hydroxyl groups is 1. The molecular weight excluding hydrogens is 194 g/mol. The van der Waals surface area contributed by atoms with E-state index in [9.17, 15) is 0 Å². The molecule has 0 fully saturated rings. The largest absolute Gasteiger partial charge is 0.396 e.